The Hall–Kier alpha value is -1.06. The van der Waals surface area contributed by atoms with Crippen LogP contribution in [0.15, 0.2) is 10.3 Å². The van der Waals surface area contributed by atoms with Crippen molar-refractivity contribution in [3.8, 4) is 0 Å². The van der Waals surface area contributed by atoms with Crippen LogP contribution in [0.1, 0.15) is 32.1 Å². The van der Waals surface area contributed by atoms with Gasteiger partial charge in [-0.3, -0.25) is 0 Å². The minimum Gasteiger partial charge on any atom is -0.411 e. The molecular formula is C7H12N2O2. The van der Waals surface area contributed by atoms with Crippen LogP contribution in [0.4, 0.5) is 0 Å². The van der Waals surface area contributed by atoms with Crippen molar-refractivity contribution in [2.75, 3.05) is 0 Å². The molecule has 1 saturated carbocycles. The maximum Gasteiger partial charge on any atom is 0.104 e. The highest BCUT2D eigenvalue weighted by molar-refractivity contribution is 6.42. The van der Waals surface area contributed by atoms with Gasteiger partial charge in [-0.05, 0) is 25.7 Å². The lowest BCUT2D eigenvalue weighted by atomic mass is 10.1. The van der Waals surface area contributed by atoms with Crippen LogP contribution in [0.3, 0.4) is 0 Å². The van der Waals surface area contributed by atoms with Crippen molar-refractivity contribution in [2.24, 2.45) is 10.3 Å². The highest BCUT2D eigenvalue weighted by Crippen LogP contribution is 2.13. The van der Waals surface area contributed by atoms with E-state index in [9.17, 15) is 0 Å². The molecule has 2 N–H and O–H groups in total. The molecule has 62 valence electrons. The van der Waals surface area contributed by atoms with Gasteiger partial charge in [-0.15, -0.1) is 0 Å². The van der Waals surface area contributed by atoms with E-state index in [1.54, 1.807) is 0 Å². The first-order valence-corrected chi connectivity index (χ1v) is 3.80. The summed E-state index contributed by atoms with van der Waals surface area (Å²) in [6.07, 6.45) is 4.57. The molecule has 1 aliphatic rings. The van der Waals surface area contributed by atoms with Gasteiger partial charge in [0.25, 0.3) is 0 Å². The Morgan fingerprint density at radius 1 is 0.818 bits per heavy atom. The van der Waals surface area contributed by atoms with Gasteiger partial charge in [0.1, 0.15) is 11.4 Å². The average molecular weight is 156 g/mol. The molecule has 0 heterocycles. The van der Waals surface area contributed by atoms with Gasteiger partial charge < -0.3 is 10.4 Å². The molecule has 1 rings (SSSR count). The van der Waals surface area contributed by atoms with E-state index in [0.29, 0.717) is 11.4 Å². The number of hydrogen-bond donors (Lipinski definition) is 2. The Morgan fingerprint density at radius 3 is 1.64 bits per heavy atom. The topological polar surface area (TPSA) is 65.2 Å². The zero-order chi connectivity index (χ0) is 8.10. The maximum atomic E-state index is 8.51. The van der Waals surface area contributed by atoms with E-state index in [0.717, 1.165) is 32.1 Å². The van der Waals surface area contributed by atoms with Crippen molar-refractivity contribution >= 4 is 11.4 Å². The molecule has 0 bridgehead atoms. The van der Waals surface area contributed by atoms with Crippen molar-refractivity contribution in [1.82, 2.24) is 0 Å². The minimum absolute atomic E-state index is 0.532. The summed E-state index contributed by atoms with van der Waals surface area (Å²) in [7, 11) is 0. The highest BCUT2D eigenvalue weighted by atomic mass is 16.4. The summed E-state index contributed by atoms with van der Waals surface area (Å²) in [5, 5.41) is 23.2. The van der Waals surface area contributed by atoms with Crippen LogP contribution in [0.2, 0.25) is 0 Å². The van der Waals surface area contributed by atoms with Gasteiger partial charge in [-0.2, -0.15) is 0 Å². The normalized spacial score (nSPS) is 27.3. The molecule has 0 saturated heterocycles. The molecule has 11 heavy (non-hydrogen) atoms. The molecule has 0 unspecified atom stereocenters. The number of hydrogen-bond acceptors (Lipinski definition) is 4. The lowest BCUT2D eigenvalue weighted by Crippen LogP contribution is -2.11. The fourth-order valence-corrected chi connectivity index (χ4v) is 1.27. The SMILES string of the molecule is O/N=C1/CCCCC/C1=N\O. The van der Waals surface area contributed by atoms with Crippen LogP contribution in [-0.4, -0.2) is 21.8 Å². The summed E-state index contributed by atoms with van der Waals surface area (Å²) in [5.41, 5.74) is 1.06. The monoisotopic (exact) mass is 156 g/mol. The number of nitrogens with zero attached hydrogens (tertiary/aromatic N) is 2. The van der Waals surface area contributed by atoms with Gasteiger partial charge in [-0.1, -0.05) is 16.7 Å². The Morgan fingerprint density at radius 2 is 1.27 bits per heavy atom. The fraction of sp³-hybridized carbons (Fsp3) is 0.714. The van der Waals surface area contributed by atoms with Crippen LogP contribution in [-0.2, 0) is 0 Å². The van der Waals surface area contributed by atoms with Crippen molar-refractivity contribution in [3.05, 3.63) is 0 Å². The first kappa shape index (κ1) is 8.04. The highest BCUT2D eigenvalue weighted by Gasteiger charge is 2.13. The molecule has 0 radical (unpaired) electrons. The zero-order valence-corrected chi connectivity index (χ0v) is 6.32. The first-order valence-electron chi connectivity index (χ1n) is 3.80. The molecule has 0 amide bonds. The van der Waals surface area contributed by atoms with Crippen molar-refractivity contribution in [1.29, 1.82) is 0 Å². The molecule has 0 aromatic carbocycles. The third kappa shape index (κ3) is 1.93. The molecule has 1 aliphatic carbocycles. The first-order chi connectivity index (χ1) is 5.38. The third-order valence-electron chi connectivity index (χ3n) is 1.90. The average Bonchev–Trinajstić information content (AvgIpc) is 2.27. The smallest absolute Gasteiger partial charge is 0.104 e. The van der Waals surface area contributed by atoms with Gasteiger partial charge in [-0.25, -0.2) is 0 Å². The van der Waals surface area contributed by atoms with Gasteiger partial charge in [0.05, 0.1) is 0 Å². The summed E-state index contributed by atoms with van der Waals surface area (Å²) in [6, 6.07) is 0. The summed E-state index contributed by atoms with van der Waals surface area (Å²) >= 11 is 0. The van der Waals surface area contributed by atoms with Crippen LogP contribution in [0.5, 0.6) is 0 Å². The van der Waals surface area contributed by atoms with E-state index < -0.39 is 0 Å². The second-order valence-electron chi connectivity index (χ2n) is 2.65. The molecule has 4 nitrogen and oxygen atoms in total. The lowest BCUT2D eigenvalue weighted by molar-refractivity contribution is 0.312. The third-order valence-corrected chi connectivity index (χ3v) is 1.90. The van der Waals surface area contributed by atoms with E-state index in [1.165, 1.54) is 0 Å². The summed E-state index contributed by atoms with van der Waals surface area (Å²) < 4.78 is 0. The van der Waals surface area contributed by atoms with Gasteiger partial charge in [0.2, 0.25) is 0 Å². The van der Waals surface area contributed by atoms with Gasteiger partial charge in [0, 0.05) is 0 Å². The molecule has 0 spiro atoms. The summed E-state index contributed by atoms with van der Waals surface area (Å²) in [4.78, 5) is 0. The summed E-state index contributed by atoms with van der Waals surface area (Å²) in [6.45, 7) is 0. The second-order valence-corrected chi connectivity index (χ2v) is 2.65. The van der Waals surface area contributed by atoms with Gasteiger partial charge >= 0.3 is 0 Å². The van der Waals surface area contributed by atoms with Crippen molar-refractivity contribution in [2.45, 2.75) is 32.1 Å². The van der Waals surface area contributed by atoms with E-state index >= 15 is 0 Å². The molecule has 0 aromatic rings. The molecule has 0 aromatic heterocycles. The predicted octanol–water partition coefficient (Wildman–Crippen LogP) is 1.61. The van der Waals surface area contributed by atoms with Crippen molar-refractivity contribution in [3.63, 3.8) is 0 Å². The van der Waals surface area contributed by atoms with Crippen LogP contribution in [0.25, 0.3) is 0 Å². The molecule has 4 heteroatoms. The predicted molar refractivity (Wildman–Crippen MR) is 41.5 cm³/mol. The van der Waals surface area contributed by atoms with E-state index in [1.807, 2.05) is 0 Å². The Balaban J connectivity index is 2.71. The lowest BCUT2D eigenvalue weighted by Gasteiger charge is -1.98. The molecule has 0 atom stereocenters. The Bertz CT molecular complexity index is 167. The Labute approximate surface area is 65.2 Å². The van der Waals surface area contributed by atoms with Crippen LogP contribution in [0, 0.1) is 0 Å². The fourth-order valence-electron chi connectivity index (χ4n) is 1.27. The molecule has 1 fully saturated rings. The summed E-state index contributed by atoms with van der Waals surface area (Å²) in [5.74, 6) is 0. The van der Waals surface area contributed by atoms with E-state index in [2.05, 4.69) is 10.3 Å². The van der Waals surface area contributed by atoms with Crippen LogP contribution < -0.4 is 0 Å². The van der Waals surface area contributed by atoms with Gasteiger partial charge in [0.15, 0.2) is 0 Å². The quantitative estimate of drug-likeness (QED) is 0.318. The molecular weight excluding hydrogens is 144 g/mol. The zero-order valence-electron chi connectivity index (χ0n) is 6.32. The van der Waals surface area contributed by atoms with Crippen LogP contribution >= 0.6 is 0 Å². The molecule has 0 aliphatic heterocycles. The van der Waals surface area contributed by atoms with E-state index in [-0.39, 0.29) is 0 Å². The largest absolute Gasteiger partial charge is 0.411 e. The standard InChI is InChI=1S/C7H12N2O2/c10-8-6-4-2-1-3-5-7(6)9-11/h10-11H,1-5H2/b8-6-,9-7+. The van der Waals surface area contributed by atoms with E-state index in [4.69, 9.17) is 10.4 Å². The number of oxime groups is 2. The Kier molecular flexibility index (Phi) is 2.89. The minimum atomic E-state index is 0.532. The maximum absolute atomic E-state index is 8.51. The number of rotatable bonds is 0. The second kappa shape index (κ2) is 3.95. The van der Waals surface area contributed by atoms with Crippen molar-refractivity contribution < 1.29 is 10.4 Å².